The first kappa shape index (κ1) is 24.8. The molecule has 0 spiro atoms. The summed E-state index contributed by atoms with van der Waals surface area (Å²) in [6, 6.07) is 62.3. The van der Waals surface area contributed by atoms with Gasteiger partial charge in [-0.3, -0.25) is 0 Å². The Kier molecular flexibility index (Phi) is 5.61. The Labute approximate surface area is 256 Å². The average Bonchev–Trinajstić information content (AvgIpc) is 3.10. The Morgan fingerprint density at radius 1 is 0.227 bits per heavy atom. The molecule has 0 amide bonds. The van der Waals surface area contributed by atoms with Crippen LogP contribution in [0, 0.1) is 0 Å². The molecule has 0 saturated heterocycles. The van der Waals surface area contributed by atoms with Crippen LogP contribution in [0.4, 0.5) is 0 Å². The largest absolute Gasteiger partial charge is 0.0616 e. The van der Waals surface area contributed by atoms with Gasteiger partial charge in [-0.25, -0.2) is 0 Å². The monoisotopic (exact) mass is 556 g/mol. The van der Waals surface area contributed by atoms with Crippen molar-refractivity contribution >= 4 is 43.1 Å². The Morgan fingerprint density at radius 3 is 1.36 bits per heavy atom. The highest BCUT2D eigenvalue weighted by Crippen LogP contribution is 2.40. The summed E-state index contributed by atoms with van der Waals surface area (Å²) in [5.74, 6) is 0. The van der Waals surface area contributed by atoms with Gasteiger partial charge >= 0.3 is 0 Å². The summed E-state index contributed by atoms with van der Waals surface area (Å²) in [6.45, 7) is 0. The zero-order chi connectivity index (χ0) is 29.0. The van der Waals surface area contributed by atoms with Crippen LogP contribution < -0.4 is 0 Å². The fraction of sp³-hybridized carbons (Fsp3) is 0. The Balaban J connectivity index is 1.03. The van der Waals surface area contributed by atoms with E-state index in [-0.39, 0.29) is 0 Å². The first-order chi connectivity index (χ1) is 21.8. The van der Waals surface area contributed by atoms with E-state index in [1.54, 1.807) is 0 Å². The predicted molar refractivity (Wildman–Crippen MR) is 189 cm³/mol. The number of fused-ring (bicyclic) bond motifs is 1. The van der Waals surface area contributed by atoms with Crippen LogP contribution >= 0.6 is 0 Å². The first-order valence-corrected chi connectivity index (χ1v) is 15.3. The van der Waals surface area contributed by atoms with Crippen molar-refractivity contribution in [2.75, 3.05) is 0 Å². The topological polar surface area (TPSA) is 0 Å². The molecule has 0 nitrogen and oxygen atoms in total. The van der Waals surface area contributed by atoms with Gasteiger partial charge in [0.1, 0.15) is 0 Å². The lowest BCUT2D eigenvalue weighted by Gasteiger charge is -2.14. The minimum Gasteiger partial charge on any atom is -0.0616 e. The van der Waals surface area contributed by atoms with E-state index in [1.165, 1.54) is 87.6 Å². The van der Waals surface area contributed by atoms with Crippen molar-refractivity contribution in [1.29, 1.82) is 0 Å². The second kappa shape index (κ2) is 9.93. The van der Waals surface area contributed by atoms with Gasteiger partial charge in [-0.2, -0.15) is 0 Å². The SMILES string of the molecule is c1cc(-c2ccc(-c3ccc4ccccc4c3)cc2)cc(-c2ccc(-c3ccc4ccc5cccc6ccc3c4c56)cc2)c1. The van der Waals surface area contributed by atoms with Crippen molar-refractivity contribution in [3.63, 3.8) is 0 Å². The molecule has 0 heteroatoms. The van der Waals surface area contributed by atoms with E-state index in [0.717, 1.165) is 0 Å². The second-order valence-electron chi connectivity index (χ2n) is 11.8. The molecule has 0 aliphatic carbocycles. The summed E-state index contributed by atoms with van der Waals surface area (Å²) in [5.41, 5.74) is 9.90. The Bertz CT molecular complexity index is 2450. The Hall–Kier alpha value is -5.72. The van der Waals surface area contributed by atoms with Crippen molar-refractivity contribution in [3.8, 4) is 44.5 Å². The van der Waals surface area contributed by atoms with Crippen molar-refractivity contribution in [2.45, 2.75) is 0 Å². The van der Waals surface area contributed by atoms with Crippen LogP contribution in [0.25, 0.3) is 87.6 Å². The molecule has 9 aromatic rings. The highest BCUT2D eigenvalue weighted by Gasteiger charge is 2.12. The van der Waals surface area contributed by atoms with Crippen LogP contribution in [-0.2, 0) is 0 Å². The van der Waals surface area contributed by atoms with E-state index in [2.05, 4.69) is 170 Å². The molecule has 0 saturated carbocycles. The molecule has 0 atom stereocenters. The molecule has 0 fully saturated rings. The minimum absolute atomic E-state index is 1.22. The fourth-order valence-electron chi connectivity index (χ4n) is 6.93. The maximum absolute atomic E-state index is 2.30. The van der Waals surface area contributed by atoms with Crippen molar-refractivity contribution < 1.29 is 0 Å². The lowest BCUT2D eigenvalue weighted by molar-refractivity contribution is 1.58. The smallest absolute Gasteiger partial charge is 0.00206 e. The lowest BCUT2D eigenvalue weighted by atomic mass is 9.89. The molecule has 0 aromatic heterocycles. The summed E-state index contributed by atoms with van der Waals surface area (Å²) in [4.78, 5) is 0. The molecule has 0 N–H and O–H groups in total. The van der Waals surface area contributed by atoms with E-state index in [0.29, 0.717) is 0 Å². The van der Waals surface area contributed by atoms with E-state index in [1.807, 2.05) is 0 Å². The predicted octanol–water partition coefficient (Wildman–Crippen LogP) is 12.4. The molecule has 0 aliphatic rings. The fourth-order valence-corrected chi connectivity index (χ4v) is 6.93. The first-order valence-electron chi connectivity index (χ1n) is 15.3. The highest BCUT2D eigenvalue weighted by molar-refractivity contribution is 6.25. The zero-order valence-corrected chi connectivity index (χ0v) is 24.2. The number of rotatable bonds is 4. The molecule has 9 rings (SSSR count). The van der Waals surface area contributed by atoms with Crippen molar-refractivity contribution in [1.82, 2.24) is 0 Å². The molecule has 0 radical (unpaired) electrons. The zero-order valence-electron chi connectivity index (χ0n) is 24.2. The quantitative estimate of drug-likeness (QED) is 0.189. The third-order valence-corrected chi connectivity index (χ3v) is 9.22. The number of hydrogen-bond donors (Lipinski definition) is 0. The van der Waals surface area contributed by atoms with Crippen molar-refractivity contribution in [2.24, 2.45) is 0 Å². The van der Waals surface area contributed by atoms with Crippen LogP contribution in [0.3, 0.4) is 0 Å². The summed E-state index contributed by atoms with van der Waals surface area (Å²) in [6.07, 6.45) is 0. The van der Waals surface area contributed by atoms with Crippen LogP contribution in [0.1, 0.15) is 0 Å². The van der Waals surface area contributed by atoms with Gasteiger partial charge in [-0.05, 0) is 99.7 Å². The minimum atomic E-state index is 1.22. The number of hydrogen-bond acceptors (Lipinski definition) is 0. The standard InChI is InChI=1S/C44H28/c1-2-6-37-28-40(22-17-29(37)5-1)32-13-11-30(12-14-32)38-9-4-10-39(27-38)31-15-18-33(19-16-31)41-25-23-36-21-20-34-7-3-8-35-24-26-42(41)44(36)43(34)35/h1-28H. The number of benzene rings is 9. The summed E-state index contributed by atoms with van der Waals surface area (Å²) < 4.78 is 0. The van der Waals surface area contributed by atoms with Crippen LogP contribution in [0.15, 0.2) is 170 Å². The summed E-state index contributed by atoms with van der Waals surface area (Å²) in [7, 11) is 0. The highest BCUT2D eigenvalue weighted by atomic mass is 14.2. The molecule has 0 aliphatic heterocycles. The normalized spacial score (nSPS) is 11.6. The van der Waals surface area contributed by atoms with Crippen LogP contribution in [0.5, 0.6) is 0 Å². The van der Waals surface area contributed by atoms with E-state index >= 15 is 0 Å². The van der Waals surface area contributed by atoms with E-state index in [9.17, 15) is 0 Å². The summed E-state index contributed by atoms with van der Waals surface area (Å²) >= 11 is 0. The molecular weight excluding hydrogens is 528 g/mol. The van der Waals surface area contributed by atoms with Crippen molar-refractivity contribution in [3.05, 3.63) is 170 Å². The molecule has 44 heavy (non-hydrogen) atoms. The van der Waals surface area contributed by atoms with Crippen LogP contribution in [-0.4, -0.2) is 0 Å². The van der Waals surface area contributed by atoms with Gasteiger partial charge < -0.3 is 0 Å². The maximum atomic E-state index is 2.30. The van der Waals surface area contributed by atoms with Gasteiger partial charge in [-0.1, -0.05) is 158 Å². The lowest BCUT2D eigenvalue weighted by Crippen LogP contribution is -1.87. The van der Waals surface area contributed by atoms with Gasteiger partial charge in [-0.15, -0.1) is 0 Å². The Morgan fingerprint density at radius 2 is 0.682 bits per heavy atom. The van der Waals surface area contributed by atoms with Crippen LogP contribution in [0.2, 0.25) is 0 Å². The molecule has 0 bridgehead atoms. The van der Waals surface area contributed by atoms with Gasteiger partial charge in [0.2, 0.25) is 0 Å². The third kappa shape index (κ3) is 4.07. The molecular formula is C44H28. The third-order valence-electron chi connectivity index (χ3n) is 9.22. The maximum Gasteiger partial charge on any atom is -0.00206 e. The van der Waals surface area contributed by atoms with Gasteiger partial charge in [0.05, 0.1) is 0 Å². The second-order valence-corrected chi connectivity index (χ2v) is 11.8. The molecule has 0 heterocycles. The molecule has 204 valence electrons. The van der Waals surface area contributed by atoms with Gasteiger partial charge in [0.15, 0.2) is 0 Å². The van der Waals surface area contributed by atoms with E-state index in [4.69, 9.17) is 0 Å². The summed E-state index contributed by atoms with van der Waals surface area (Å²) in [5, 5.41) is 10.5. The van der Waals surface area contributed by atoms with Gasteiger partial charge in [0, 0.05) is 0 Å². The molecule has 0 unspecified atom stereocenters. The van der Waals surface area contributed by atoms with Gasteiger partial charge in [0.25, 0.3) is 0 Å². The van der Waals surface area contributed by atoms with E-state index < -0.39 is 0 Å². The molecule has 9 aromatic carbocycles. The average molecular weight is 557 g/mol.